The molecule has 1 aliphatic heterocycles. The number of hydroxylamine groups is 2. The van der Waals surface area contributed by atoms with Crippen LogP contribution in [0.1, 0.15) is 34.9 Å². The van der Waals surface area contributed by atoms with Crippen LogP contribution in [0.3, 0.4) is 0 Å². The first kappa shape index (κ1) is 25.5. The second kappa shape index (κ2) is 12.4. The van der Waals surface area contributed by atoms with E-state index in [1.165, 1.54) is 12.6 Å². The van der Waals surface area contributed by atoms with Gasteiger partial charge in [-0.25, -0.2) is 9.86 Å². The van der Waals surface area contributed by atoms with Crippen LogP contribution in [0.25, 0.3) is 0 Å². The van der Waals surface area contributed by atoms with E-state index in [-0.39, 0.29) is 17.9 Å². The van der Waals surface area contributed by atoms with Crippen molar-refractivity contribution < 1.29 is 24.2 Å². The Morgan fingerprint density at radius 1 is 0.917 bits per heavy atom. The smallest absolute Gasteiger partial charge is 0.343 e. The van der Waals surface area contributed by atoms with E-state index in [1.54, 1.807) is 12.0 Å². The zero-order chi connectivity index (χ0) is 25.3. The molecular weight excluding hydrogens is 456 g/mol. The number of carbonyl (C=O) groups excluding carboxylic acids is 1. The van der Waals surface area contributed by atoms with Crippen molar-refractivity contribution in [2.45, 2.75) is 24.9 Å². The molecule has 2 atom stereocenters. The number of carbonyl (C=O) groups is 1. The maximum atomic E-state index is 12.5. The molecule has 1 heterocycles. The van der Waals surface area contributed by atoms with Crippen LogP contribution in [0.15, 0.2) is 78.9 Å². The number of urea groups is 1. The van der Waals surface area contributed by atoms with Gasteiger partial charge in [-0.15, -0.1) is 0 Å². The van der Waals surface area contributed by atoms with Crippen molar-refractivity contribution >= 4 is 6.03 Å². The van der Waals surface area contributed by atoms with E-state index in [9.17, 15) is 10.0 Å². The highest BCUT2D eigenvalue weighted by Crippen LogP contribution is 2.40. The highest BCUT2D eigenvalue weighted by molar-refractivity contribution is 5.73. The normalized spacial score (nSPS) is 17.5. The van der Waals surface area contributed by atoms with Gasteiger partial charge in [-0.3, -0.25) is 5.21 Å². The molecule has 0 bridgehead atoms. The Balaban J connectivity index is 1.40. The average molecular weight is 491 g/mol. The largest absolute Gasteiger partial charge is 0.497 e. The third-order valence-electron chi connectivity index (χ3n) is 6.62. The molecule has 1 aliphatic rings. The van der Waals surface area contributed by atoms with Gasteiger partial charge in [-0.05, 0) is 53.3 Å². The lowest BCUT2D eigenvalue weighted by Gasteiger charge is -2.39. The molecule has 7 nitrogen and oxygen atoms in total. The van der Waals surface area contributed by atoms with Gasteiger partial charge in [-0.2, -0.15) is 0 Å². The summed E-state index contributed by atoms with van der Waals surface area (Å²) in [7, 11) is 3.02. The summed E-state index contributed by atoms with van der Waals surface area (Å²) in [5, 5.41) is 10.3. The van der Waals surface area contributed by atoms with Crippen molar-refractivity contribution in [2.24, 2.45) is 0 Å². The summed E-state index contributed by atoms with van der Waals surface area (Å²) in [6.45, 7) is 2.64. The molecule has 1 N–H and O–H groups in total. The van der Waals surface area contributed by atoms with Crippen LogP contribution in [-0.4, -0.2) is 61.7 Å². The standard InChI is InChI=1S/C29H34N2O5/c1-30(33)29(32)31-17-16-27(23-8-12-25(34-2)13-9-23)28(20-31)24-10-14-26(15-11-24)36-19-18-35-21-22-6-4-3-5-7-22/h3-15,27-28,33H,16-21H2,1-2H3. The minimum Gasteiger partial charge on any atom is -0.497 e. The maximum Gasteiger partial charge on any atom is 0.343 e. The first-order chi connectivity index (χ1) is 17.5. The van der Waals surface area contributed by atoms with Gasteiger partial charge in [0, 0.05) is 26.1 Å². The molecule has 1 fully saturated rings. The van der Waals surface area contributed by atoms with Crippen molar-refractivity contribution in [3.63, 3.8) is 0 Å². The van der Waals surface area contributed by atoms with Gasteiger partial charge >= 0.3 is 6.03 Å². The molecule has 3 aromatic carbocycles. The average Bonchev–Trinajstić information content (AvgIpc) is 2.93. The zero-order valence-electron chi connectivity index (χ0n) is 20.9. The van der Waals surface area contributed by atoms with Crippen LogP contribution in [0.4, 0.5) is 4.79 Å². The summed E-state index contributed by atoms with van der Waals surface area (Å²) in [5.74, 6) is 1.92. The summed E-state index contributed by atoms with van der Waals surface area (Å²) in [6, 6.07) is 25.9. The monoisotopic (exact) mass is 490 g/mol. The number of amides is 2. The minimum absolute atomic E-state index is 0.0827. The number of benzene rings is 3. The summed E-state index contributed by atoms with van der Waals surface area (Å²) >= 11 is 0. The molecule has 7 heteroatoms. The SMILES string of the molecule is COc1ccc(C2CCN(C(=O)N(C)O)CC2c2ccc(OCCOCc3ccccc3)cc2)cc1. The lowest BCUT2D eigenvalue weighted by Crippen LogP contribution is -2.46. The van der Waals surface area contributed by atoms with E-state index >= 15 is 0 Å². The van der Waals surface area contributed by atoms with E-state index in [0.29, 0.717) is 38.0 Å². The van der Waals surface area contributed by atoms with Crippen LogP contribution in [0, 0.1) is 0 Å². The predicted molar refractivity (Wildman–Crippen MR) is 138 cm³/mol. The molecule has 0 spiro atoms. The summed E-state index contributed by atoms with van der Waals surface area (Å²) < 4.78 is 16.9. The number of methoxy groups -OCH3 is 1. The Bertz CT molecular complexity index is 1090. The second-order valence-corrected chi connectivity index (χ2v) is 8.98. The third-order valence-corrected chi connectivity index (χ3v) is 6.62. The van der Waals surface area contributed by atoms with Crippen molar-refractivity contribution in [2.75, 3.05) is 40.5 Å². The van der Waals surface area contributed by atoms with Crippen LogP contribution < -0.4 is 9.47 Å². The van der Waals surface area contributed by atoms with Crippen LogP contribution in [-0.2, 0) is 11.3 Å². The number of nitrogens with zero attached hydrogens (tertiary/aromatic N) is 2. The van der Waals surface area contributed by atoms with E-state index in [0.717, 1.165) is 29.0 Å². The van der Waals surface area contributed by atoms with Gasteiger partial charge in [-0.1, -0.05) is 54.6 Å². The van der Waals surface area contributed by atoms with Gasteiger partial charge < -0.3 is 19.1 Å². The van der Waals surface area contributed by atoms with Gasteiger partial charge in [0.2, 0.25) is 0 Å². The number of ether oxygens (including phenoxy) is 3. The maximum absolute atomic E-state index is 12.5. The van der Waals surface area contributed by atoms with Crippen LogP contribution in [0.2, 0.25) is 0 Å². The van der Waals surface area contributed by atoms with E-state index in [2.05, 4.69) is 24.3 Å². The van der Waals surface area contributed by atoms with Gasteiger partial charge in [0.15, 0.2) is 0 Å². The minimum atomic E-state index is -0.386. The fourth-order valence-corrected chi connectivity index (χ4v) is 4.71. The van der Waals surface area contributed by atoms with Crippen molar-refractivity contribution in [3.05, 3.63) is 95.6 Å². The van der Waals surface area contributed by atoms with E-state index < -0.39 is 0 Å². The Hall–Kier alpha value is -3.55. The molecule has 2 amide bonds. The highest BCUT2D eigenvalue weighted by atomic mass is 16.5. The van der Waals surface area contributed by atoms with Crippen molar-refractivity contribution in [1.82, 2.24) is 9.96 Å². The first-order valence-corrected chi connectivity index (χ1v) is 12.2. The fourth-order valence-electron chi connectivity index (χ4n) is 4.71. The predicted octanol–water partition coefficient (Wildman–Crippen LogP) is 5.30. The molecule has 2 unspecified atom stereocenters. The summed E-state index contributed by atoms with van der Waals surface area (Å²) in [6.07, 6.45) is 0.799. The molecular formula is C29H34N2O5. The molecule has 3 aromatic rings. The van der Waals surface area contributed by atoms with E-state index in [4.69, 9.17) is 14.2 Å². The highest BCUT2D eigenvalue weighted by Gasteiger charge is 2.34. The Morgan fingerprint density at radius 2 is 1.56 bits per heavy atom. The lowest BCUT2D eigenvalue weighted by molar-refractivity contribution is -0.0365. The molecule has 0 radical (unpaired) electrons. The summed E-state index contributed by atoms with van der Waals surface area (Å²) in [5.41, 5.74) is 3.48. The number of rotatable bonds is 9. The van der Waals surface area contributed by atoms with Gasteiger partial charge in [0.25, 0.3) is 0 Å². The Morgan fingerprint density at radius 3 is 2.19 bits per heavy atom. The Kier molecular flexibility index (Phi) is 8.81. The van der Waals surface area contributed by atoms with Gasteiger partial charge in [0.1, 0.15) is 18.1 Å². The summed E-state index contributed by atoms with van der Waals surface area (Å²) in [4.78, 5) is 14.2. The van der Waals surface area contributed by atoms with Crippen LogP contribution in [0.5, 0.6) is 11.5 Å². The molecule has 0 aromatic heterocycles. The number of piperidine rings is 1. The molecule has 0 aliphatic carbocycles. The zero-order valence-corrected chi connectivity index (χ0v) is 20.9. The fraction of sp³-hybridized carbons (Fsp3) is 0.345. The number of hydrogen-bond donors (Lipinski definition) is 1. The number of hydrogen-bond acceptors (Lipinski definition) is 5. The van der Waals surface area contributed by atoms with Crippen molar-refractivity contribution in [1.29, 1.82) is 0 Å². The second-order valence-electron chi connectivity index (χ2n) is 8.98. The number of likely N-dealkylation sites (tertiary alicyclic amines) is 1. The van der Waals surface area contributed by atoms with E-state index in [1.807, 2.05) is 54.6 Å². The third kappa shape index (κ3) is 6.56. The topological polar surface area (TPSA) is 71.5 Å². The van der Waals surface area contributed by atoms with Gasteiger partial charge in [0.05, 0.1) is 20.3 Å². The van der Waals surface area contributed by atoms with Crippen LogP contribution >= 0.6 is 0 Å². The van der Waals surface area contributed by atoms with Crippen molar-refractivity contribution in [3.8, 4) is 11.5 Å². The molecule has 4 rings (SSSR count). The molecule has 190 valence electrons. The first-order valence-electron chi connectivity index (χ1n) is 12.2. The Labute approximate surface area is 212 Å². The molecule has 36 heavy (non-hydrogen) atoms. The molecule has 0 saturated carbocycles. The lowest BCUT2D eigenvalue weighted by atomic mass is 9.77. The molecule has 1 saturated heterocycles. The quantitative estimate of drug-likeness (QED) is 0.250.